The maximum atomic E-state index is 5.63. The van der Waals surface area contributed by atoms with Crippen LogP contribution in [-0.4, -0.2) is 20.7 Å². The summed E-state index contributed by atoms with van der Waals surface area (Å²) in [4.78, 5) is 11.6. The first-order valence-electron chi connectivity index (χ1n) is 4.61. The maximum Gasteiger partial charge on any atom is 0.223 e. The van der Waals surface area contributed by atoms with Gasteiger partial charge >= 0.3 is 0 Å². The number of aromatic nitrogens is 3. The molecule has 3 heterocycles. The van der Waals surface area contributed by atoms with Crippen LogP contribution in [0.25, 0.3) is 11.0 Å². The number of hydrogen-bond donors (Lipinski definition) is 2. The number of aryl methyl sites for hydroxylation is 1. The number of hydrogen-bond acceptors (Lipinski definition) is 4. The van der Waals surface area contributed by atoms with E-state index in [0.717, 1.165) is 22.8 Å². The molecule has 3 N–H and O–H groups in total. The summed E-state index contributed by atoms with van der Waals surface area (Å²) in [5.74, 6) is 1.47. The Morgan fingerprint density at radius 2 is 2.36 bits per heavy atom. The van der Waals surface area contributed by atoms with Crippen molar-refractivity contribution in [3.05, 3.63) is 11.8 Å². The van der Waals surface area contributed by atoms with E-state index < -0.39 is 0 Å². The van der Waals surface area contributed by atoms with E-state index in [4.69, 9.17) is 5.73 Å². The monoisotopic (exact) mass is 206 g/mol. The van der Waals surface area contributed by atoms with Gasteiger partial charge in [-0.2, -0.15) is 4.98 Å². The van der Waals surface area contributed by atoms with Gasteiger partial charge < -0.3 is 10.7 Å². The number of nitrogen functional groups attached to an aromatic ring is 1. The Kier molecular flexibility index (Phi) is 1.67. The summed E-state index contributed by atoms with van der Waals surface area (Å²) in [7, 11) is 0. The van der Waals surface area contributed by atoms with Crippen LogP contribution in [0.15, 0.2) is 11.2 Å². The van der Waals surface area contributed by atoms with Crippen molar-refractivity contribution < 1.29 is 0 Å². The highest BCUT2D eigenvalue weighted by Crippen LogP contribution is 2.32. The summed E-state index contributed by atoms with van der Waals surface area (Å²) >= 11 is 1.77. The Hall–Kier alpha value is -1.23. The van der Waals surface area contributed by atoms with Crippen molar-refractivity contribution in [2.75, 3.05) is 11.5 Å². The number of nitrogens with one attached hydrogen (secondary N) is 1. The second kappa shape index (κ2) is 2.88. The molecule has 4 nitrogen and oxygen atoms in total. The van der Waals surface area contributed by atoms with E-state index in [0.29, 0.717) is 5.95 Å². The van der Waals surface area contributed by atoms with Crippen molar-refractivity contribution in [1.82, 2.24) is 15.0 Å². The third kappa shape index (κ3) is 1.09. The molecular formula is C9H10N4S. The van der Waals surface area contributed by atoms with Crippen molar-refractivity contribution in [2.24, 2.45) is 0 Å². The first-order chi connectivity index (χ1) is 6.84. The van der Waals surface area contributed by atoms with Gasteiger partial charge in [-0.05, 0) is 24.2 Å². The highest BCUT2D eigenvalue weighted by atomic mass is 32.2. The molecule has 2 aromatic rings. The molecule has 0 fully saturated rings. The molecule has 2 aromatic heterocycles. The van der Waals surface area contributed by atoms with Crippen LogP contribution in [0.4, 0.5) is 5.95 Å². The lowest BCUT2D eigenvalue weighted by Crippen LogP contribution is -1.96. The molecule has 0 saturated heterocycles. The maximum absolute atomic E-state index is 5.63. The third-order valence-electron chi connectivity index (χ3n) is 2.43. The second-order valence-corrected chi connectivity index (χ2v) is 4.46. The van der Waals surface area contributed by atoms with E-state index in [1.165, 1.54) is 17.4 Å². The number of rotatable bonds is 0. The van der Waals surface area contributed by atoms with Crippen LogP contribution in [0.1, 0.15) is 12.0 Å². The van der Waals surface area contributed by atoms with E-state index in [9.17, 15) is 0 Å². The number of H-pyrrole nitrogens is 1. The summed E-state index contributed by atoms with van der Waals surface area (Å²) in [6.45, 7) is 0. The minimum atomic E-state index is 0.357. The van der Waals surface area contributed by atoms with Gasteiger partial charge in [0.05, 0.1) is 5.39 Å². The molecule has 0 spiro atoms. The second-order valence-electron chi connectivity index (χ2n) is 3.38. The normalized spacial score (nSPS) is 15.7. The molecule has 0 bridgehead atoms. The SMILES string of the molecule is Nc1nc2c3c(c[nH]c3n1)CCCS2. The van der Waals surface area contributed by atoms with Crippen molar-refractivity contribution in [3.8, 4) is 0 Å². The van der Waals surface area contributed by atoms with Gasteiger partial charge in [-0.25, -0.2) is 4.98 Å². The smallest absolute Gasteiger partial charge is 0.223 e. The van der Waals surface area contributed by atoms with Crippen LogP contribution in [-0.2, 0) is 6.42 Å². The van der Waals surface area contributed by atoms with Crippen LogP contribution in [0.2, 0.25) is 0 Å². The fourth-order valence-corrected chi connectivity index (χ4v) is 2.82. The summed E-state index contributed by atoms with van der Waals surface area (Å²) < 4.78 is 0. The van der Waals surface area contributed by atoms with Crippen LogP contribution in [0, 0.1) is 0 Å². The molecule has 0 saturated carbocycles. The minimum absolute atomic E-state index is 0.357. The topological polar surface area (TPSA) is 67.6 Å². The van der Waals surface area contributed by atoms with Gasteiger partial charge in [0.1, 0.15) is 10.7 Å². The van der Waals surface area contributed by atoms with Gasteiger partial charge in [0.2, 0.25) is 5.95 Å². The number of aromatic amines is 1. The molecular weight excluding hydrogens is 196 g/mol. The summed E-state index contributed by atoms with van der Waals surface area (Å²) in [5.41, 5.74) is 7.82. The number of thioether (sulfide) groups is 1. The van der Waals surface area contributed by atoms with Gasteiger partial charge in [-0.1, -0.05) is 0 Å². The Morgan fingerprint density at radius 3 is 3.29 bits per heavy atom. The summed E-state index contributed by atoms with van der Waals surface area (Å²) in [6, 6.07) is 0. The fraction of sp³-hybridized carbons (Fsp3) is 0.333. The largest absolute Gasteiger partial charge is 0.368 e. The van der Waals surface area contributed by atoms with Crippen molar-refractivity contribution >= 4 is 28.7 Å². The number of nitrogens with two attached hydrogens (primary N) is 1. The molecule has 1 aliphatic rings. The predicted octanol–water partition coefficient (Wildman–Crippen LogP) is 1.58. The van der Waals surface area contributed by atoms with Gasteiger partial charge in [0.15, 0.2) is 0 Å². The van der Waals surface area contributed by atoms with Crippen molar-refractivity contribution in [1.29, 1.82) is 0 Å². The fourth-order valence-electron chi connectivity index (χ4n) is 1.81. The quantitative estimate of drug-likeness (QED) is 0.642. The van der Waals surface area contributed by atoms with Gasteiger partial charge in [0, 0.05) is 6.20 Å². The zero-order chi connectivity index (χ0) is 9.54. The Morgan fingerprint density at radius 1 is 1.43 bits per heavy atom. The van der Waals surface area contributed by atoms with Crippen LogP contribution >= 0.6 is 11.8 Å². The lowest BCUT2D eigenvalue weighted by atomic mass is 10.1. The molecule has 0 aliphatic carbocycles. The molecule has 72 valence electrons. The highest BCUT2D eigenvalue weighted by Gasteiger charge is 2.15. The lowest BCUT2D eigenvalue weighted by molar-refractivity contribution is 0.945. The predicted molar refractivity (Wildman–Crippen MR) is 57.3 cm³/mol. The van der Waals surface area contributed by atoms with E-state index >= 15 is 0 Å². The molecule has 5 heteroatoms. The first kappa shape index (κ1) is 8.11. The Balaban J connectivity index is 2.39. The summed E-state index contributed by atoms with van der Waals surface area (Å²) in [6.07, 6.45) is 4.31. The molecule has 0 aromatic carbocycles. The minimum Gasteiger partial charge on any atom is -0.368 e. The van der Waals surface area contributed by atoms with Gasteiger partial charge in [-0.15, -0.1) is 11.8 Å². The third-order valence-corrected chi connectivity index (χ3v) is 3.49. The standard InChI is InChI=1S/C9H10N4S/c10-9-12-7-6-5(4-11-7)2-1-3-14-8(6)13-9/h4H,1-3H2,(H3,10,11,12,13). The van der Waals surface area contributed by atoms with Gasteiger partial charge in [-0.3, -0.25) is 0 Å². The summed E-state index contributed by atoms with van der Waals surface area (Å²) in [5, 5.41) is 2.20. The van der Waals surface area contributed by atoms with E-state index in [-0.39, 0.29) is 0 Å². The van der Waals surface area contributed by atoms with Crippen LogP contribution in [0.3, 0.4) is 0 Å². The molecule has 14 heavy (non-hydrogen) atoms. The highest BCUT2D eigenvalue weighted by molar-refractivity contribution is 7.99. The Bertz CT molecular complexity index is 491. The van der Waals surface area contributed by atoms with Crippen LogP contribution in [0.5, 0.6) is 0 Å². The molecule has 0 unspecified atom stereocenters. The van der Waals surface area contributed by atoms with Crippen molar-refractivity contribution in [3.63, 3.8) is 0 Å². The van der Waals surface area contributed by atoms with E-state index in [1.807, 2.05) is 6.20 Å². The van der Waals surface area contributed by atoms with Gasteiger partial charge in [0.25, 0.3) is 0 Å². The molecule has 0 radical (unpaired) electrons. The Labute approximate surface area is 85.3 Å². The average molecular weight is 206 g/mol. The molecule has 3 rings (SSSR count). The van der Waals surface area contributed by atoms with E-state index in [2.05, 4.69) is 15.0 Å². The van der Waals surface area contributed by atoms with Crippen molar-refractivity contribution in [2.45, 2.75) is 17.9 Å². The lowest BCUT2D eigenvalue weighted by Gasteiger charge is -2.00. The number of nitrogens with zero attached hydrogens (tertiary/aromatic N) is 2. The first-order valence-corrected chi connectivity index (χ1v) is 5.59. The molecule has 0 amide bonds. The zero-order valence-corrected chi connectivity index (χ0v) is 8.40. The molecule has 0 atom stereocenters. The van der Waals surface area contributed by atoms with E-state index in [1.54, 1.807) is 11.8 Å². The van der Waals surface area contributed by atoms with Crippen LogP contribution < -0.4 is 5.73 Å². The number of anilines is 1. The average Bonchev–Trinajstić information content (AvgIpc) is 2.43. The zero-order valence-electron chi connectivity index (χ0n) is 7.58. The molecule has 1 aliphatic heterocycles.